The minimum Gasteiger partial charge on any atom is -0.310 e. The fourth-order valence-corrected chi connectivity index (χ4v) is 0.466. The molecule has 0 aromatic heterocycles. The van der Waals surface area contributed by atoms with Gasteiger partial charge in [0.25, 0.3) is 0 Å². The molecule has 0 aromatic carbocycles. The number of hydrazone groups is 1. The maximum Gasteiger partial charge on any atom is 0.0333 e. The van der Waals surface area contributed by atoms with Gasteiger partial charge in [0, 0.05) is 12.8 Å². The molecule has 0 saturated carbocycles. The maximum absolute atomic E-state index is 3.80. The Balaban J connectivity index is 0. The Kier molecular flexibility index (Phi) is 19.2. The Bertz CT molecular complexity index is 52.3. The Hall–Kier alpha value is -0.530. The maximum atomic E-state index is 3.80. The van der Waals surface area contributed by atoms with E-state index in [1.54, 1.807) is 0 Å². The van der Waals surface area contributed by atoms with Crippen LogP contribution in [0.5, 0.6) is 0 Å². The predicted molar refractivity (Wildman–Crippen MR) is 48.4 cm³/mol. The molecule has 1 rings (SSSR count). The molecule has 2 heteroatoms. The summed E-state index contributed by atoms with van der Waals surface area (Å²) in [5, 5.41) is 3.80. The highest BCUT2D eigenvalue weighted by atomic mass is 15.3. The smallest absolute Gasteiger partial charge is 0.0333 e. The van der Waals surface area contributed by atoms with Crippen molar-refractivity contribution >= 4 is 6.21 Å². The number of hydrogen-bond acceptors (Lipinski definition) is 2. The second kappa shape index (κ2) is 15.8. The van der Waals surface area contributed by atoms with Crippen LogP contribution in [0.15, 0.2) is 5.10 Å². The van der Waals surface area contributed by atoms with Crippen molar-refractivity contribution in [1.82, 2.24) is 5.43 Å². The summed E-state index contributed by atoms with van der Waals surface area (Å²) in [5.74, 6) is 0. The van der Waals surface area contributed by atoms with Crippen molar-refractivity contribution in [2.45, 2.75) is 40.5 Å². The highest BCUT2D eigenvalue weighted by Crippen LogP contribution is 1.85. The van der Waals surface area contributed by atoms with Crippen molar-refractivity contribution in [1.29, 1.82) is 0 Å². The highest BCUT2D eigenvalue weighted by molar-refractivity contribution is 5.57. The van der Waals surface area contributed by atoms with E-state index >= 15 is 0 Å². The third-order valence-electron chi connectivity index (χ3n) is 0.804. The molecule has 0 aliphatic carbocycles. The van der Waals surface area contributed by atoms with Crippen LogP contribution in [-0.4, -0.2) is 12.8 Å². The molecule has 1 N–H and O–H groups in total. The average molecular weight is 144 g/mol. The highest BCUT2D eigenvalue weighted by Gasteiger charge is 1.86. The molecule has 2 nitrogen and oxygen atoms in total. The Morgan fingerprint density at radius 2 is 1.80 bits per heavy atom. The van der Waals surface area contributed by atoms with E-state index in [-0.39, 0.29) is 0 Å². The Labute approximate surface area is 64.7 Å². The summed E-state index contributed by atoms with van der Waals surface area (Å²) < 4.78 is 0. The lowest BCUT2D eigenvalue weighted by molar-refractivity contribution is 0.671. The fraction of sp³-hybridized carbons (Fsp3) is 0.875. The van der Waals surface area contributed by atoms with Crippen LogP contribution in [0.25, 0.3) is 0 Å². The van der Waals surface area contributed by atoms with E-state index in [1.807, 2.05) is 33.9 Å². The number of nitrogens with zero attached hydrogens (tertiary/aromatic N) is 1. The van der Waals surface area contributed by atoms with Gasteiger partial charge in [-0.15, -0.1) is 0 Å². The van der Waals surface area contributed by atoms with Crippen molar-refractivity contribution in [2.75, 3.05) is 6.54 Å². The van der Waals surface area contributed by atoms with Crippen LogP contribution in [0.2, 0.25) is 0 Å². The molecule has 0 radical (unpaired) electrons. The van der Waals surface area contributed by atoms with Crippen LogP contribution >= 0.6 is 0 Å². The molecular formula is C8H20N2. The first-order valence-electron chi connectivity index (χ1n) is 4.24. The normalized spacial score (nSPS) is 13.2. The van der Waals surface area contributed by atoms with Gasteiger partial charge in [0.15, 0.2) is 0 Å². The molecule has 0 amide bonds. The number of hydrogen-bond donors (Lipinski definition) is 1. The monoisotopic (exact) mass is 144 g/mol. The van der Waals surface area contributed by atoms with E-state index in [0.717, 1.165) is 13.0 Å². The first kappa shape index (κ1) is 12.2. The first-order valence-corrected chi connectivity index (χ1v) is 4.24. The van der Waals surface area contributed by atoms with E-state index in [9.17, 15) is 0 Å². The number of nitrogens with one attached hydrogen (secondary N) is 1. The summed E-state index contributed by atoms with van der Waals surface area (Å²) in [6, 6.07) is 0. The molecule has 0 saturated heterocycles. The predicted octanol–water partition coefficient (Wildman–Crippen LogP) is 2.41. The van der Waals surface area contributed by atoms with Crippen molar-refractivity contribution in [3.63, 3.8) is 0 Å². The topological polar surface area (TPSA) is 24.4 Å². The lowest BCUT2D eigenvalue weighted by atomic mass is 10.3. The molecule has 0 unspecified atom stereocenters. The molecule has 10 heavy (non-hydrogen) atoms. The van der Waals surface area contributed by atoms with Crippen LogP contribution in [-0.2, 0) is 0 Å². The second-order valence-corrected chi connectivity index (χ2v) is 1.36. The van der Waals surface area contributed by atoms with Crippen LogP contribution in [0.3, 0.4) is 0 Å². The number of rotatable bonds is 0. The van der Waals surface area contributed by atoms with Crippen LogP contribution in [0.4, 0.5) is 0 Å². The molecule has 0 fully saturated rings. The molecule has 0 bridgehead atoms. The van der Waals surface area contributed by atoms with Crippen molar-refractivity contribution in [3.8, 4) is 0 Å². The molecule has 0 spiro atoms. The largest absolute Gasteiger partial charge is 0.310 e. The molecule has 0 aromatic rings. The summed E-state index contributed by atoms with van der Waals surface area (Å²) in [7, 11) is 0. The van der Waals surface area contributed by atoms with E-state index in [4.69, 9.17) is 0 Å². The van der Waals surface area contributed by atoms with Crippen LogP contribution in [0.1, 0.15) is 40.5 Å². The molecule has 0 atom stereocenters. The zero-order valence-corrected chi connectivity index (χ0v) is 7.65. The lowest BCUT2D eigenvalue weighted by Gasteiger charge is -2.01. The second-order valence-electron chi connectivity index (χ2n) is 1.36. The molecule has 1 aliphatic rings. The van der Waals surface area contributed by atoms with E-state index in [0.29, 0.717) is 0 Å². The minimum atomic E-state index is 1.05. The summed E-state index contributed by atoms with van der Waals surface area (Å²) in [5.41, 5.74) is 2.85. The molecule has 1 aliphatic heterocycles. The van der Waals surface area contributed by atoms with Crippen molar-refractivity contribution in [3.05, 3.63) is 0 Å². The molecule has 62 valence electrons. The van der Waals surface area contributed by atoms with Crippen LogP contribution < -0.4 is 5.43 Å². The van der Waals surface area contributed by atoms with Crippen LogP contribution in [0, 0.1) is 0 Å². The zero-order chi connectivity index (χ0) is 8.24. The summed E-state index contributed by atoms with van der Waals surface area (Å²) in [6.45, 7) is 9.05. The van der Waals surface area contributed by atoms with Gasteiger partial charge in [-0.3, -0.25) is 0 Å². The first-order chi connectivity index (χ1) is 5.00. The fourth-order valence-electron chi connectivity index (χ4n) is 0.466. The summed E-state index contributed by atoms with van der Waals surface area (Å²) in [4.78, 5) is 0. The summed E-state index contributed by atoms with van der Waals surface area (Å²) in [6.07, 6.45) is 4.29. The van der Waals surface area contributed by atoms with Gasteiger partial charge in [-0.25, -0.2) is 0 Å². The SMILES string of the molecule is C1=NNCCC1.CC.CC. The average Bonchev–Trinajstić information content (AvgIpc) is 2.14. The van der Waals surface area contributed by atoms with Gasteiger partial charge in [0.2, 0.25) is 0 Å². The van der Waals surface area contributed by atoms with Gasteiger partial charge >= 0.3 is 0 Å². The summed E-state index contributed by atoms with van der Waals surface area (Å²) >= 11 is 0. The standard InChI is InChI=1S/C4H8N2.2C2H6/c1-2-4-6-5-3-1;2*1-2/h3,6H,1-2,4H2;2*1-2H3. The Morgan fingerprint density at radius 1 is 1.20 bits per heavy atom. The Morgan fingerprint density at radius 3 is 1.90 bits per heavy atom. The minimum absolute atomic E-state index is 1.05. The van der Waals surface area contributed by atoms with Gasteiger partial charge in [0.05, 0.1) is 0 Å². The lowest BCUT2D eigenvalue weighted by Crippen LogP contribution is -2.11. The molecule has 1 heterocycles. The van der Waals surface area contributed by atoms with E-state index in [2.05, 4.69) is 10.5 Å². The van der Waals surface area contributed by atoms with Gasteiger partial charge in [0.1, 0.15) is 0 Å². The van der Waals surface area contributed by atoms with E-state index in [1.165, 1.54) is 6.42 Å². The zero-order valence-electron chi connectivity index (χ0n) is 7.65. The van der Waals surface area contributed by atoms with Crippen molar-refractivity contribution < 1.29 is 0 Å². The molecular weight excluding hydrogens is 124 g/mol. The third kappa shape index (κ3) is 10.5. The van der Waals surface area contributed by atoms with Gasteiger partial charge in [-0.05, 0) is 12.8 Å². The van der Waals surface area contributed by atoms with Gasteiger partial charge in [-0.1, -0.05) is 27.7 Å². The van der Waals surface area contributed by atoms with Gasteiger partial charge < -0.3 is 5.43 Å². The van der Waals surface area contributed by atoms with E-state index < -0.39 is 0 Å². The van der Waals surface area contributed by atoms with Crippen molar-refractivity contribution in [2.24, 2.45) is 5.10 Å². The third-order valence-corrected chi connectivity index (χ3v) is 0.804. The quantitative estimate of drug-likeness (QED) is 0.554. The van der Waals surface area contributed by atoms with Gasteiger partial charge in [-0.2, -0.15) is 5.10 Å².